The number of anilines is 1. The highest BCUT2D eigenvalue weighted by molar-refractivity contribution is 6.31. The molecule has 1 saturated heterocycles. The fraction of sp³-hybridized carbons (Fsp3) is 0.333. The predicted octanol–water partition coefficient (Wildman–Crippen LogP) is 3.71. The Bertz CT molecular complexity index is 704. The van der Waals surface area contributed by atoms with E-state index >= 15 is 0 Å². The van der Waals surface area contributed by atoms with Gasteiger partial charge < -0.3 is 10.2 Å². The lowest BCUT2D eigenvalue weighted by Crippen LogP contribution is -2.24. The second-order valence-electron chi connectivity index (χ2n) is 5.81. The van der Waals surface area contributed by atoms with E-state index in [2.05, 4.69) is 29.4 Å². The van der Waals surface area contributed by atoms with Crippen LogP contribution in [-0.4, -0.2) is 17.4 Å². The topological polar surface area (TPSA) is 45.2 Å². The van der Waals surface area contributed by atoms with Gasteiger partial charge in [-0.2, -0.15) is 0 Å². The van der Waals surface area contributed by atoms with Gasteiger partial charge in [-0.3, -0.25) is 9.78 Å². The van der Waals surface area contributed by atoms with Crippen LogP contribution in [0.2, 0.25) is 5.02 Å². The highest BCUT2D eigenvalue weighted by Gasteiger charge is 2.22. The third kappa shape index (κ3) is 3.71. The molecule has 1 amide bonds. The fourth-order valence-electron chi connectivity index (χ4n) is 2.81. The summed E-state index contributed by atoms with van der Waals surface area (Å²) in [4.78, 5) is 17.8. The van der Waals surface area contributed by atoms with E-state index in [0.29, 0.717) is 18.0 Å². The summed E-state index contributed by atoms with van der Waals surface area (Å²) in [6, 6.07) is 10.3. The smallest absolute Gasteiger partial charge is 0.227 e. The molecule has 0 bridgehead atoms. The van der Waals surface area contributed by atoms with Crippen LogP contribution in [0.3, 0.4) is 0 Å². The molecule has 1 fully saturated rings. The lowest BCUT2D eigenvalue weighted by Gasteiger charge is -2.19. The van der Waals surface area contributed by atoms with Gasteiger partial charge in [0.1, 0.15) is 0 Å². The third-order valence-corrected chi connectivity index (χ3v) is 4.55. The number of hydrogen-bond donors (Lipinski definition) is 1. The number of nitrogens with one attached hydrogen (secondary N) is 1. The number of nitrogens with zero attached hydrogens (tertiary/aromatic N) is 2. The van der Waals surface area contributed by atoms with Crippen molar-refractivity contribution in [3.8, 4) is 0 Å². The lowest BCUT2D eigenvalue weighted by molar-refractivity contribution is -0.117. The zero-order valence-electron chi connectivity index (χ0n) is 13.1. The van der Waals surface area contributed by atoms with E-state index in [4.69, 9.17) is 11.6 Å². The average molecular weight is 330 g/mol. The van der Waals surface area contributed by atoms with Crippen molar-refractivity contribution >= 4 is 23.2 Å². The molecule has 1 aliphatic heterocycles. The van der Waals surface area contributed by atoms with Gasteiger partial charge in [-0.25, -0.2) is 0 Å². The highest BCUT2D eigenvalue weighted by Crippen LogP contribution is 2.25. The third-order valence-electron chi connectivity index (χ3n) is 4.21. The molecular formula is C18H20ClN3O. The number of pyridine rings is 1. The Balaban J connectivity index is 1.69. The van der Waals surface area contributed by atoms with Gasteiger partial charge in [0.2, 0.25) is 5.91 Å². The summed E-state index contributed by atoms with van der Waals surface area (Å²) in [6.45, 7) is 3.60. The van der Waals surface area contributed by atoms with Crippen LogP contribution in [0.1, 0.15) is 36.9 Å². The van der Waals surface area contributed by atoms with Crippen molar-refractivity contribution in [1.29, 1.82) is 0 Å². The average Bonchev–Trinajstić information content (AvgIpc) is 3.00. The zero-order chi connectivity index (χ0) is 16.2. The maximum atomic E-state index is 11.9. The van der Waals surface area contributed by atoms with E-state index in [0.717, 1.165) is 29.8 Å². The van der Waals surface area contributed by atoms with Gasteiger partial charge in [0.15, 0.2) is 0 Å². The van der Waals surface area contributed by atoms with E-state index in [1.807, 2.05) is 23.1 Å². The minimum Gasteiger partial charge on any atom is -0.312 e. The van der Waals surface area contributed by atoms with Crippen molar-refractivity contribution < 1.29 is 4.79 Å². The number of halogens is 1. The normalized spacial score (nSPS) is 15.9. The maximum absolute atomic E-state index is 11.9. The molecule has 0 spiro atoms. The van der Waals surface area contributed by atoms with Crippen LogP contribution in [-0.2, 0) is 11.3 Å². The van der Waals surface area contributed by atoms with Crippen molar-refractivity contribution in [2.24, 2.45) is 0 Å². The second-order valence-corrected chi connectivity index (χ2v) is 6.22. The number of hydrogen-bond acceptors (Lipinski definition) is 3. The molecule has 23 heavy (non-hydrogen) atoms. The number of carbonyl (C=O) groups is 1. The van der Waals surface area contributed by atoms with Crippen molar-refractivity contribution in [3.63, 3.8) is 0 Å². The van der Waals surface area contributed by atoms with Crippen LogP contribution in [0.25, 0.3) is 0 Å². The fourth-order valence-corrected chi connectivity index (χ4v) is 3.00. The van der Waals surface area contributed by atoms with Crippen LogP contribution in [0.5, 0.6) is 0 Å². The molecule has 1 atom stereocenters. The van der Waals surface area contributed by atoms with E-state index in [1.165, 1.54) is 0 Å². The Morgan fingerprint density at radius 3 is 3.00 bits per heavy atom. The minimum atomic E-state index is 0.164. The molecule has 120 valence electrons. The molecule has 1 aromatic carbocycles. The maximum Gasteiger partial charge on any atom is 0.227 e. The number of carbonyl (C=O) groups excluding carboxylic acids is 1. The Morgan fingerprint density at radius 2 is 2.26 bits per heavy atom. The first-order valence-electron chi connectivity index (χ1n) is 7.87. The van der Waals surface area contributed by atoms with E-state index in [-0.39, 0.29) is 11.9 Å². The number of rotatable bonds is 5. The largest absolute Gasteiger partial charge is 0.312 e. The molecular weight excluding hydrogens is 310 g/mol. The molecule has 2 aromatic rings. The highest BCUT2D eigenvalue weighted by atomic mass is 35.5. The van der Waals surface area contributed by atoms with Gasteiger partial charge in [0.25, 0.3) is 0 Å². The molecule has 2 heterocycles. The van der Waals surface area contributed by atoms with Gasteiger partial charge >= 0.3 is 0 Å². The molecule has 0 aliphatic carbocycles. The first-order valence-corrected chi connectivity index (χ1v) is 8.25. The molecule has 1 aliphatic rings. The molecule has 4 nitrogen and oxygen atoms in total. The van der Waals surface area contributed by atoms with Crippen LogP contribution < -0.4 is 10.2 Å². The molecule has 5 heteroatoms. The standard InChI is InChI=1S/C18H20ClN3O/c1-13(21-11-15-7-8-20-12-17(15)19)14-4-2-5-16(10-14)22-9-3-6-18(22)23/h2,4-5,7-8,10,12-13,21H,3,6,9,11H2,1H3/t13-/m1/s1. The Morgan fingerprint density at radius 1 is 1.39 bits per heavy atom. The molecule has 0 unspecified atom stereocenters. The second kappa shape index (κ2) is 7.11. The van der Waals surface area contributed by atoms with Crippen molar-refractivity contribution in [2.75, 3.05) is 11.4 Å². The SMILES string of the molecule is C[C@@H](NCc1ccncc1Cl)c1cccc(N2CCCC2=O)c1. The zero-order valence-corrected chi connectivity index (χ0v) is 13.9. The molecule has 1 aromatic heterocycles. The summed E-state index contributed by atoms with van der Waals surface area (Å²) < 4.78 is 0. The molecule has 3 rings (SSSR count). The minimum absolute atomic E-state index is 0.164. The monoisotopic (exact) mass is 329 g/mol. The predicted molar refractivity (Wildman–Crippen MR) is 92.5 cm³/mol. The summed E-state index contributed by atoms with van der Waals surface area (Å²) in [5.74, 6) is 0.214. The summed E-state index contributed by atoms with van der Waals surface area (Å²) >= 11 is 6.13. The first-order chi connectivity index (χ1) is 11.1. The van der Waals surface area contributed by atoms with Crippen molar-refractivity contribution in [1.82, 2.24) is 10.3 Å². The number of aromatic nitrogens is 1. The molecule has 1 N–H and O–H groups in total. The van der Waals surface area contributed by atoms with Crippen LogP contribution >= 0.6 is 11.6 Å². The van der Waals surface area contributed by atoms with Gasteiger partial charge in [-0.1, -0.05) is 23.7 Å². The summed E-state index contributed by atoms with van der Waals surface area (Å²) in [5.41, 5.74) is 3.17. The van der Waals surface area contributed by atoms with Crippen LogP contribution in [0.15, 0.2) is 42.7 Å². The van der Waals surface area contributed by atoms with Gasteiger partial charge in [-0.15, -0.1) is 0 Å². The van der Waals surface area contributed by atoms with E-state index < -0.39 is 0 Å². The summed E-state index contributed by atoms with van der Waals surface area (Å²) in [7, 11) is 0. The van der Waals surface area contributed by atoms with Crippen molar-refractivity contribution in [2.45, 2.75) is 32.4 Å². The molecule has 0 radical (unpaired) electrons. The van der Waals surface area contributed by atoms with E-state index in [1.54, 1.807) is 12.4 Å². The van der Waals surface area contributed by atoms with Gasteiger partial charge in [-0.05, 0) is 42.7 Å². The van der Waals surface area contributed by atoms with Crippen molar-refractivity contribution in [3.05, 3.63) is 58.9 Å². The Kier molecular flexibility index (Phi) is 4.94. The van der Waals surface area contributed by atoms with Crippen LogP contribution in [0, 0.1) is 0 Å². The summed E-state index contributed by atoms with van der Waals surface area (Å²) in [5, 5.41) is 4.14. The van der Waals surface area contributed by atoms with Gasteiger partial charge in [0.05, 0.1) is 5.02 Å². The van der Waals surface area contributed by atoms with E-state index in [9.17, 15) is 4.79 Å². The lowest BCUT2D eigenvalue weighted by atomic mass is 10.1. The first kappa shape index (κ1) is 16.0. The Hall–Kier alpha value is -1.91. The molecule has 0 saturated carbocycles. The number of benzene rings is 1. The van der Waals surface area contributed by atoms with Gasteiger partial charge in [0, 0.05) is 43.6 Å². The van der Waals surface area contributed by atoms with Crippen LogP contribution in [0.4, 0.5) is 5.69 Å². The quantitative estimate of drug-likeness (QED) is 0.909. The number of amides is 1. The Labute approximate surface area is 141 Å². The summed E-state index contributed by atoms with van der Waals surface area (Å²) in [6.07, 6.45) is 4.99.